The lowest BCUT2D eigenvalue weighted by Gasteiger charge is -2.23. The van der Waals surface area contributed by atoms with E-state index in [-0.39, 0.29) is 23.6 Å². The Morgan fingerprint density at radius 3 is 2.29 bits per heavy atom. The highest BCUT2D eigenvalue weighted by molar-refractivity contribution is 7.89. The topological polar surface area (TPSA) is 126 Å². The smallest absolute Gasteiger partial charge is 0.321 e. The summed E-state index contributed by atoms with van der Waals surface area (Å²) in [7, 11) is -4.06. The average Bonchev–Trinajstić information content (AvgIpc) is 2.85. The fourth-order valence-corrected chi connectivity index (χ4v) is 5.01. The average molecular weight is 491 g/mol. The van der Waals surface area contributed by atoms with Crippen LogP contribution in [0.1, 0.15) is 19.3 Å². The molecule has 1 amide bonds. The minimum Gasteiger partial charge on any atom is -0.480 e. The maximum Gasteiger partial charge on any atom is 0.321 e. The number of quaternary nitrogens is 1. The zero-order valence-electron chi connectivity index (χ0n) is 19.0. The lowest BCUT2D eigenvalue weighted by Crippen LogP contribution is -3.14. The first-order valence-corrected chi connectivity index (χ1v) is 12.9. The Morgan fingerprint density at radius 2 is 1.65 bits per heavy atom. The van der Waals surface area contributed by atoms with Crippen LogP contribution < -0.4 is 14.9 Å². The van der Waals surface area contributed by atoms with Crippen molar-refractivity contribution in [2.24, 2.45) is 0 Å². The van der Waals surface area contributed by atoms with Crippen LogP contribution >= 0.6 is 0 Å². The molecule has 0 radical (unpaired) electrons. The van der Waals surface area contributed by atoms with Crippen LogP contribution in [-0.4, -0.2) is 70.8 Å². The van der Waals surface area contributed by atoms with Gasteiger partial charge in [-0.3, -0.25) is 9.59 Å². The van der Waals surface area contributed by atoms with Crippen molar-refractivity contribution in [1.82, 2.24) is 10.0 Å². The first-order valence-electron chi connectivity index (χ1n) is 11.4. The van der Waals surface area contributed by atoms with E-state index in [0.29, 0.717) is 6.54 Å². The number of morpholine rings is 1. The minimum atomic E-state index is -4.06. The van der Waals surface area contributed by atoms with Gasteiger partial charge in [0.15, 0.2) is 0 Å². The quantitative estimate of drug-likeness (QED) is 0.317. The van der Waals surface area contributed by atoms with Gasteiger partial charge in [-0.2, -0.15) is 4.72 Å². The van der Waals surface area contributed by atoms with Crippen molar-refractivity contribution in [1.29, 1.82) is 0 Å². The molecule has 9 nitrogen and oxygen atoms in total. The standard InChI is InChI=1S/C24H31N3O6S/c28-23(25-13-4-14-27-15-17-33-18-16-27)12-11-22(24(29)30)26-34(31,32)21-9-7-20(8-10-21)19-5-2-1-3-6-19/h1-3,5-10,22,26H,4,11-18H2,(H,25,28)(H,29,30)/p+1. The van der Waals surface area contributed by atoms with E-state index in [4.69, 9.17) is 4.74 Å². The molecule has 0 aromatic heterocycles. The molecule has 0 spiro atoms. The summed E-state index contributed by atoms with van der Waals surface area (Å²) < 4.78 is 33.0. The normalized spacial score (nSPS) is 15.5. The Kier molecular flexibility index (Phi) is 9.58. The molecule has 1 saturated heterocycles. The van der Waals surface area contributed by atoms with Gasteiger partial charge in [-0.15, -0.1) is 0 Å². The number of carbonyl (C=O) groups is 2. The maximum atomic E-state index is 12.7. The first-order chi connectivity index (χ1) is 16.3. The molecular formula is C24H32N3O6S+. The van der Waals surface area contributed by atoms with Crippen LogP contribution in [0.4, 0.5) is 0 Å². The van der Waals surface area contributed by atoms with Crippen LogP contribution in [0.5, 0.6) is 0 Å². The molecule has 0 bridgehead atoms. The molecule has 184 valence electrons. The van der Waals surface area contributed by atoms with Gasteiger partial charge in [-0.1, -0.05) is 42.5 Å². The third kappa shape index (κ3) is 7.91. The molecule has 1 fully saturated rings. The molecule has 1 aliphatic heterocycles. The fourth-order valence-electron chi connectivity index (χ4n) is 3.79. The maximum absolute atomic E-state index is 12.7. The van der Waals surface area contributed by atoms with Gasteiger partial charge in [-0.05, 0) is 29.7 Å². The van der Waals surface area contributed by atoms with Crippen LogP contribution in [-0.2, 0) is 24.3 Å². The number of carboxylic acid groups (broad SMARTS) is 1. The molecule has 2 aromatic carbocycles. The number of rotatable bonds is 12. The number of carboxylic acids is 1. The Balaban J connectivity index is 1.47. The van der Waals surface area contributed by atoms with Gasteiger partial charge < -0.3 is 20.1 Å². The summed E-state index contributed by atoms with van der Waals surface area (Å²) in [6, 6.07) is 14.3. The summed E-state index contributed by atoms with van der Waals surface area (Å²) in [6.45, 7) is 4.87. The lowest BCUT2D eigenvalue weighted by atomic mass is 10.1. The largest absolute Gasteiger partial charge is 0.480 e. The van der Waals surface area contributed by atoms with E-state index < -0.39 is 22.0 Å². The van der Waals surface area contributed by atoms with E-state index >= 15 is 0 Å². The molecule has 1 unspecified atom stereocenters. The monoisotopic (exact) mass is 490 g/mol. The van der Waals surface area contributed by atoms with Crippen molar-refractivity contribution < 1.29 is 32.8 Å². The van der Waals surface area contributed by atoms with Crippen molar-refractivity contribution in [3.63, 3.8) is 0 Å². The van der Waals surface area contributed by atoms with E-state index in [1.54, 1.807) is 12.1 Å². The molecule has 0 saturated carbocycles. The molecule has 10 heteroatoms. The zero-order chi connectivity index (χ0) is 24.4. The summed E-state index contributed by atoms with van der Waals surface area (Å²) in [5.74, 6) is -1.62. The third-order valence-corrected chi connectivity index (χ3v) is 7.24. The Morgan fingerprint density at radius 1 is 1.00 bits per heavy atom. The second-order valence-electron chi connectivity index (χ2n) is 8.26. The van der Waals surface area contributed by atoms with Gasteiger partial charge in [0, 0.05) is 19.4 Å². The molecule has 1 heterocycles. The van der Waals surface area contributed by atoms with E-state index in [0.717, 1.165) is 50.4 Å². The number of carbonyl (C=O) groups excluding carboxylic acids is 1. The van der Waals surface area contributed by atoms with Crippen molar-refractivity contribution in [2.75, 3.05) is 39.4 Å². The zero-order valence-corrected chi connectivity index (χ0v) is 19.9. The lowest BCUT2D eigenvalue weighted by molar-refractivity contribution is -0.908. The van der Waals surface area contributed by atoms with E-state index in [9.17, 15) is 23.1 Å². The van der Waals surface area contributed by atoms with Crippen molar-refractivity contribution >= 4 is 21.9 Å². The molecular weight excluding hydrogens is 458 g/mol. The minimum absolute atomic E-state index is 0.0338. The fraction of sp³-hybridized carbons (Fsp3) is 0.417. The van der Waals surface area contributed by atoms with Gasteiger partial charge >= 0.3 is 5.97 Å². The molecule has 1 atom stereocenters. The predicted octanol–water partition coefficient (Wildman–Crippen LogP) is 0.287. The van der Waals surface area contributed by atoms with E-state index in [2.05, 4.69) is 10.0 Å². The predicted molar refractivity (Wildman–Crippen MR) is 127 cm³/mol. The van der Waals surface area contributed by atoms with Crippen molar-refractivity contribution in [3.8, 4) is 11.1 Å². The van der Waals surface area contributed by atoms with E-state index in [1.165, 1.54) is 17.0 Å². The van der Waals surface area contributed by atoms with Crippen LogP contribution in [0.15, 0.2) is 59.5 Å². The number of amides is 1. The Labute approximate surface area is 200 Å². The summed E-state index contributed by atoms with van der Waals surface area (Å²) in [4.78, 5) is 25.2. The molecule has 0 aliphatic carbocycles. The highest BCUT2D eigenvalue weighted by atomic mass is 32.2. The SMILES string of the molecule is O=C(CCC(NS(=O)(=O)c1ccc(-c2ccccc2)cc1)C(=O)O)NCCC[NH+]1CCOCC1. The number of hydrogen-bond donors (Lipinski definition) is 4. The number of sulfonamides is 1. The summed E-state index contributed by atoms with van der Waals surface area (Å²) in [5, 5.41) is 12.3. The van der Waals surface area contributed by atoms with Gasteiger partial charge in [-0.25, -0.2) is 8.42 Å². The second-order valence-corrected chi connectivity index (χ2v) is 9.97. The number of ether oxygens (including phenoxy) is 1. The number of aliphatic carboxylic acids is 1. The van der Waals surface area contributed by atoms with Crippen LogP contribution in [0.2, 0.25) is 0 Å². The Bertz CT molecular complexity index is 1040. The van der Waals surface area contributed by atoms with Gasteiger partial charge in [0.1, 0.15) is 19.1 Å². The van der Waals surface area contributed by atoms with Crippen LogP contribution in [0.3, 0.4) is 0 Å². The van der Waals surface area contributed by atoms with Crippen LogP contribution in [0.25, 0.3) is 11.1 Å². The third-order valence-electron chi connectivity index (χ3n) is 5.76. The number of nitrogens with one attached hydrogen (secondary N) is 3. The highest BCUT2D eigenvalue weighted by Crippen LogP contribution is 2.21. The first kappa shape index (κ1) is 25.8. The summed E-state index contributed by atoms with van der Waals surface area (Å²) in [6.07, 6.45) is 0.586. The van der Waals surface area contributed by atoms with Gasteiger partial charge in [0.25, 0.3) is 0 Å². The van der Waals surface area contributed by atoms with Gasteiger partial charge in [0.05, 0.1) is 24.7 Å². The Hall–Kier alpha value is -2.79. The van der Waals surface area contributed by atoms with Gasteiger partial charge in [0.2, 0.25) is 15.9 Å². The van der Waals surface area contributed by atoms with Crippen LogP contribution in [0, 0.1) is 0 Å². The second kappa shape index (κ2) is 12.6. The molecule has 4 N–H and O–H groups in total. The molecule has 1 aliphatic rings. The van der Waals surface area contributed by atoms with Crippen molar-refractivity contribution in [2.45, 2.75) is 30.2 Å². The molecule has 2 aromatic rings. The molecule has 3 rings (SSSR count). The summed E-state index contributed by atoms with van der Waals surface area (Å²) in [5.41, 5.74) is 1.79. The molecule has 34 heavy (non-hydrogen) atoms. The summed E-state index contributed by atoms with van der Waals surface area (Å²) >= 11 is 0. The van der Waals surface area contributed by atoms with Crippen molar-refractivity contribution in [3.05, 3.63) is 54.6 Å². The highest BCUT2D eigenvalue weighted by Gasteiger charge is 2.26. The number of benzene rings is 2. The van der Waals surface area contributed by atoms with E-state index in [1.807, 2.05) is 30.3 Å². The number of hydrogen-bond acceptors (Lipinski definition) is 5.